The van der Waals surface area contributed by atoms with Gasteiger partial charge in [0, 0.05) is 18.6 Å². The second kappa shape index (κ2) is 5.16. The number of hydrogen-bond acceptors (Lipinski definition) is 2. The standard InChI is InChI=1S/C10H19F3N2/c1-15(7-6-10(11,12)13)9-5-3-2-4-8(9)14/h8-9H,2-7,14H2,1H3. The van der Waals surface area contributed by atoms with Gasteiger partial charge in [0.05, 0.1) is 6.42 Å². The third kappa shape index (κ3) is 4.38. The third-order valence-electron chi connectivity index (χ3n) is 3.10. The summed E-state index contributed by atoms with van der Waals surface area (Å²) in [4.78, 5) is 1.76. The minimum atomic E-state index is -4.06. The molecule has 0 saturated heterocycles. The Hall–Kier alpha value is -0.290. The van der Waals surface area contributed by atoms with Gasteiger partial charge in [0.1, 0.15) is 0 Å². The summed E-state index contributed by atoms with van der Waals surface area (Å²) in [7, 11) is 1.74. The first kappa shape index (κ1) is 12.8. The topological polar surface area (TPSA) is 29.3 Å². The summed E-state index contributed by atoms with van der Waals surface area (Å²) in [5.41, 5.74) is 5.90. The van der Waals surface area contributed by atoms with Crippen molar-refractivity contribution >= 4 is 0 Å². The molecule has 0 aliphatic heterocycles. The average Bonchev–Trinajstić information content (AvgIpc) is 2.14. The van der Waals surface area contributed by atoms with Gasteiger partial charge in [0.25, 0.3) is 0 Å². The van der Waals surface area contributed by atoms with Crippen molar-refractivity contribution in [1.29, 1.82) is 0 Å². The zero-order valence-corrected chi connectivity index (χ0v) is 9.06. The molecule has 2 unspecified atom stereocenters. The van der Waals surface area contributed by atoms with Crippen molar-refractivity contribution in [3.63, 3.8) is 0 Å². The summed E-state index contributed by atoms with van der Waals surface area (Å²) in [6, 6.07) is 0.165. The van der Waals surface area contributed by atoms with Gasteiger partial charge in [-0.3, -0.25) is 0 Å². The van der Waals surface area contributed by atoms with Crippen molar-refractivity contribution in [3.05, 3.63) is 0 Å². The molecular weight excluding hydrogens is 205 g/mol. The average molecular weight is 224 g/mol. The predicted octanol–water partition coefficient (Wildman–Crippen LogP) is 2.14. The van der Waals surface area contributed by atoms with Crippen LogP contribution in [0.3, 0.4) is 0 Å². The molecule has 0 heterocycles. The maximum Gasteiger partial charge on any atom is 0.390 e. The van der Waals surface area contributed by atoms with Crippen LogP contribution in [-0.2, 0) is 0 Å². The molecule has 0 aromatic carbocycles. The Balaban J connectivity index is 2.35. The Labute approximate surface area is 88.6 Å². The minimum Gasteiger partial charge on any atom is -0.326 e. The molecule has 1 saturated carbocycles. The van der Waals surface area contributed by atoms with Gasteiger partial charge < -0.3 is 10.6 Å². The van der Waals surface area contributed by atoms with Crippen LogP contribution in [0.15, 0.2) is 0 Å². The van der Waals surface area contributed by atoms with Crippen LogP contribution in [0.2, 0.25) is 0 Å². The molecule has 2 atom stereocenters. The third-order valence-corrected chi connectivity index (χ3v) is 3.10. The molecule has 90 valence electrons. The van der Waals surface area contributed by atoms with Crippen LogP contribution in [0.4, 0.5) is 13.2 Å². The van der Waals surface area contributed by atoms with Crippen molar-refractivity contribution in [1.82, 2.24) is 4.90 Å². The summed E-state index contributed by atoms with van der Waals surface area (Å²) in [6.45, 7) is 0.0574. The van der Waals surface area contributed by atoms with Crippen molar-refractivity contribution in [2.75, 3.05) is 13.6 Å². The number of alkyl halides is 3. The number of hydrogen-bond donors (Lipinski definition) is 1. The molecule has 0 aromatic heterocycles. The van der Waals surface area contributed by atoms with E-state index >= 15 is 0 Å². The van der Waals surface area contributed by atoms with Crippen LogP contribution < -0.4 is 5.73 Å². The van der Waals surface area contributed by atoms with Crippen LogP contribution in [0.1, 0.15) is 32.1 Å². The van der Waals surface area contributed by atoms with Gasteiger partial charge >= 0.3 is 6.18 Å². The molecular formula is C10H19F3N2. The number of nitrogens with zero attached hydrogens (tertiary/aromatic N) is 1. The molecule has 1 aliphatic rings. The molecule has 0 bridgehead atoms. The summed E-state index contributed by atoms with van der Waals surface area (Å²) in [5.74, 6) is 0. The Morgan fingerprint density at radius 3 is 2.40 bits per heavy atom. The lowest BCUT2D eigenvalue weighted by molar-refractivity contribution is -0.138. The van der Waals surface area contributed by atoms with E-state index in [0.717, 1.165) is 25.7 Å². The summed E-state index contributed by atoms with van der Waals surface area (Å²) in [6.07, 6.45) is -0.768. The highest BCUT2D eigenvalue weighted by Crippen LogP contribution is 2.24. The first-order valence-electron chi connectivity index (χ1n) is 5.43. The van der Waals surface area contributed by atoms with Crippen LogP contribution in [0.5, 0.6) is 0 Å². The predicted molar refractivity (Wildman–Crippen MR) is 53.5 cm³/mol. The highest BCUT2D eigenvalue weighted by Gasteiger charge is 2.30. The summed E-state index contributed by atoms with van der Waals surface area (Å²) < 4.78 is 36.1. The molecule has 15 heavy (non-hydrogen) atoms. The Morgan fingerprint density at radius 1 is 1.27 bits per heavy atom. The summed E-state index contributed by atoms with van der Waals surface area (Å²) in [5, 5.41) is 0. The van der Waals surface area contributed by atoms with Gasteiger partial charge in [0.15, 0.2) is 0 Å². The molecule has 1 aliphatic carbocycles. The van der Waals surface area contributed by atoms with Crippen LogP contribution in [-0.4, -0.2) is 36.8 Å². The minimum absolute atomic E-state index is 0.0389. The molecule has 0 radical (unpaired) electrons. The van der Waals surface area contributed by atoms with Crippen LogP contribution in [0.25, 0.3) is 0 Å². The lowest BCUT2D eigenvalue weighted by atomic mass is 9.90. The van der Waals surface area contributed by atoms with Crippen LogP contribution in [0, 0.1) is 0 Å². The Kier molecular flexibility index (Phi) is 4.40. The fourth-order valence-corrected chi connectivity index (χ4v) is 2.16. The van der Waals surface area contributed by atoms with E-state index in [9.17, 15) is 13.2 Å². The van der Waals surface area contributed by atoms with Gasteiger partial charge in [-0.1, -0.05) is 12.8 Å². The van der Waals surface area contributed by atoms with Crippen molar-refractivity contribution in [2.24, 2.45) is 5.73 Å². The fourth-order valence-electron chi connectivity index (χ4n) is 2.16. The second-order valence-corrected chi connectivity index (χ2v) is 4.36. The molecule has 0 amide bonds. The molecule has 0 spiro atoms. The highest BCUT2D eigenvalue weighted by atomic mass is 19.4. The van der Waals surface area contributed by atoms with Crippen molar-refractivity contribution in [2.45, 2.75) is 50.4 Å². The zero-order chi connectivity index (χ0) is 11.5. The molecule has 2 nitrogen and oxygen atoms in total. The lowest BCUT2D eigenvalue weighted by Crippen LogP contribution is -2.48. The van der Waals surface area contributed by atoms with Crippen molar-refractivity contribution in [3.8, 4) is 0 Å². The van der Waals surface area contributed by atoms with E-state index in [4.69, 9.17) is 5.73 Å². The van der Waals surface area contributed by atoms with E-state index in [1.807, 2.05) is 0 Å². The second-order valence-electron chi connectivity index (χ2n) is 4.36. The van der Waals surface area contributed by atoms with E-state index in [2.05, 4.69) is 0 Å². The quantitative estimate of drug-likeness (QED) is 0.795. The van der Waals surface area contributed by atoms with Gasteiger partial charge in [-0.05, 0) is 19.9 Å². The lowest BCUT2D eigenvalue weighted by Gasteiger charge is -2.36. The smallest absolute Gasteiger partial charge is 0.326 e. The van der Waals surface area contributed by atoms with Gasteiger partial charge in [-0.25, -0.2) is 0 Å². The van der Waals surface area contributed by atoms with Gasteiger partial charge in [-0.15, -0.1) is 0 Å². The van der Waals surface area contributed by atoms with E-state index in [0.29, 0.717) is 0 Å². The van der Waals surface area contributed by atoms with E-state index in [1.54, 1.807) is 11.9 Å². The maximum atomic E-state index is 12.0. The number of rotatable bonds is 3. The molecule has 0 aromatic rings. The van der Waals surface area contributed by atoms with E-state index in [-0.39, 0.29) is 18.6 Å². The molecule has 1 fully saturated rings. The fraction of sp³-hybridized carbons (Fsp3) is 1.00. The highest BCUT2D eigenvalue weighted by molar-refractivity contribution is 4.84. The summed E-state index contributed by atoms with van der Waals surface area (Å²) >= 11 is 0. The monoisotopic (exact) mass is 224 g/mol. The normalized spacial score (nSPS) is 28.4. The number of nitrogens with two attached hydrogens (primary N) is 1. The Morgan fingerprint density at radius 2 is 1.87 bits per heavy atom. The maximum absolute atomic E-state index is 12.0. The SMILES string of the molecule is CN(CCC(F)(F)F)C1CCCCC1N. The largest absolute Gasteiger partial charge is 0.390 e. The number of likely N-dealkylation sites (N-methyl/N-ethyl adjacent to an activating group) is 1. The van der Waals surface area contributed by atoms with Gasteiger partial charge in [0.2, 0.25) is 0 Å². The Bertz CT molecular complexity index is 194. The molecule has 1 rings (SSSR count). The van der Waals surface area contributed by atoms with Crippen molar-refractivity contribution < 1.29 is 13.2 Å². The zero-order valence-electron chi connectivity index (χ0n) is 9.06. The first-order chi connectivity index (χ1) is 6.90. The van der Waals surface area contributed by atoms with Gasteiger partial charge in [-0.2, -0.15) is 13.2 Å². The van der Waals surface area contributed by atoms with Crippen LogP contribution >= 0.6 is 0 Å². The molecule has 5 heteroatoms. The first-order valence-corrected chi connectivity index (χ1v) is 5.43. The van der Waals surface area contributed by atoms with E-state index in [1.165, 1.54) is 0 Å². The molecule has 2 N–H and O–H groups in total. The van der Waals surface area contributed by atoms with E-state index < -0.39 is 12.6 Å². The number of halogens is 3.